The molecule has 2 aliphatic rings. The summed E-state index contributed by atoms with van der Waals surface area (Å²) in [5.74, 6) is 0. The molecule has 0 saturated carbocycles. The van der Waals surface area contributed by atoms with Crippen LogP contribution in [-0.4, -0.2) is 42.1 Å². The predicted molar refractivity (Wildman–Crippen MR) is 158 cm³/mol. The maximum atomic E-state index is 13.4. The SMILES string of the molecule is O=C(NCc1ccnc(Cl)c1)N1CC2(CCN(CC=Cc3ccc(Cl)c(Cl)c3)CC2)c2cc(Cl)cc(Cl)c21. The number of carbonyl (C=O) groups is 1. The quantitative estimate of drug-likeness (QED) is 0.297. The second-order valence-electron chi connectivity index (χ2n) is 9.67. The Kier molecular flexibility index (Phi) is 8.44. The highest BCUT2D eigenvalue weighted by atomic mass is 35.5. The number of piperidine rings is 1. The summed E-state index contributed by atoms with van der Waals surface area (Å²) in [7, 11) is 0. The zero-order valence-corrected chi connectivity index (χ0v) is 24.1. The molecular weight excluding hydrogens is 586 g/mol. The number of nitrogens with zero attached hydrogens (tertiary/aromatic N) is 3. The van der Waals surface area contributed by atoms with E-state index >= 15 is 0 Å². The number of hydrogen-bond acceptors (Lipinski definition) is 3. The van der Waals surface area contributed by atoms with E-state index in [1.54, 1.807) is 29.3 Å². The molecule has 0 unspecified atom stereocenters. The van der Waals surface area contributed by atoms with E-state index in [0.29, 0.717) is 38.3 Å². The van der Waals surface area contributed by atoms with Crippen LogP contribution < -0.4 is 10.2 Å². The minimum absolute atomic E-state index is 0.202. The number of aromatic nitrogens is 1. The van der Waals surface area contributed by atoms with Gasteiger partial charge < -0.3 is 5.32 Å². The lowest BCUT2D eigenvalue weighted by Gasteiger charge is -2.39. The van der Waals surface area contributed by atoms with E-state index in [9.17, 15) is 4.79 Å². The van der Waals surface area contributed by atoms with Crippen LogP contribution in [-0.2, 0) is 12.0 Å². The Labute approximate surface area is 247 Å². The van der Waals surface area contributed by atoms with Crippen LogP contribution in [0.2, 0.25) is 25.2 Å². The summed E-state index contributed by atoms with van der Waals surface area (Å²) in [5, 5.41) is 5.55. The summed E-state index contributed by atoms with van der Waals surface area (Å²) in [6.07, 6.45) is 7.59. The first-order valence-corrected chi connectivity index (χ1v) is 14.1. The van der Waals surface area contributed by atoms with E-state index < -0.39 is 0 Å². The van der Waals surface area contributed by atoms with Crippen molar-refractivity contribution in [2.75, 3.05) is 31.1 Å². The van der Waals surface area contributed by atoms with Gasteiger partial charge in [-0.1, -0.05) is 76.2 Å². The fraction of sp³-hybridized carbons (Fsp3) is 0.286. The first-order valence-electron chi connectivity index (χ1n) is 12.2. The molecule has 1 spiro atoms. The Morgan fingerprint density at radius 3 is 2.50 bits per heavy atom. The van der Waals surface area contributed by atoms with Crippen molar-refractivity contribution in [3.63, 3.8) is 0 Å². The van der Waals surface area contributed by atoms with Gasteiger partial charge in [-0.25, -0.2) is 9.78 Å². The highest BCUT2D eigenvalue weighted by Crippen LogP contribution is 2.50. The standard InChI is InChI=1S/C28H25Cl5N4O/c29-20-14-21-26(24(32)15-20)37(27(38)35-16-19-5-8-34-25(33)13-19)17-28(21)6-10-36(11-7-28)9-1-2-18-3-4-22(30)23(31)12-18/h1-5,8,12-15H,6-7,9-11,16-17H2,(H,35,38). The Balaban J connectivity index is 1.27. The van der Waals surface area contributed by atoms with Crippen LogP contribution in [0.25, 0.3) is 6.08 Å². The van der Waals surface area contributed by atoms with Gasteiger partial charge in [0.2, 0.25) is 0 Å². The van der Waals surface area contributed by atoms with Crippen LogP contribution in [0, 0.1) is 0 Å². The fourth-order valence-corrected chi connectivity index (χ4v) is 6.35. The van der Waals surface area contributed by atoms with Gasteiger partial charge in [0.15, 0.2) is 0 Å². The molecule has 0 atom stereocenters. The van der Waals surface area contributed by atoms with Crippen LogP contribution in [0.15, 0.2) is 54.7 Å². The topological polar surface area (TPSA) is 48.5 Å². The van der Waals surface area contributed by atoms with Crippen LogP contribution in [0.3, 0.4) is 0 Å². The van der Waals surface area contributed by atoms with Gasteiger partial charge in [0, 0.05) is 36.3 Å². The molecule has 2 aromatic carbocycles. The number of hydrogen-bond donors (Lipinski definition) is 1. The second-order valence-corrected chi connectivity index (χ2v) is 11.7. The molecular formula is C28H25Cl5N4O. The number of pyridine rings is 1. The number of rotatable bonds is 5. The highest BCUT2D eigenvalue weighted by molar-refractivity contribution is 6.42. The first-order chi connectivity index (χ1) is 18.2. The monoisotopic (exact) mass is 608 g/mol. The fourth-order valence-electron chi connectivity index (χ4n) is 5.26. The van der Waals surface area contributed by atoms with Crippen molar-refractivity contribution in [1.82, 2.24) is 15.2 Å². The molecule has 0 aliphatic carbocycles. The van der Waals surface area contributed by atoms with Crippen molar-refractivity contribution in [3.05, 3.63) is 96.7 Å². The average molecular weight is 611 g/mol. The molecule has 1 aromatic heterocycles. The summed E-state index contributed by atoms with van der Waals surface area (Å²) in [6.45, 7) is 3.49. The van der Waals surface area contributed by atoms with E-state index in [1.165, 1.54) is 0 Å². The molecule has 0 radical (unpaired) electrons. The minimum atomic E-state index is -0.203. The summed E-state index contributed by atoms with van der Waals surface area (Å²) in [5.41, 5.74) is 3.47. The Bertz CT molecular complexity index is 1390. The average Bonchev–Trinajstić information content (AvgIpc) is 3.20. The minimum Gasteiger partial charge on any atom is -0.334 e. The van der Waals surface area contributed by atoms with E-state index in [4.69, 9.17) is 58.0 Å². The molecule has 5 rings (SSSR count). The van der Waals surface area contributed by atoms with Crippen molar-refractivity contribution < 1.29 is 4.79 Å². The lowest BCUT2D eigenvalue weighted by molar-refractivity contribution is 0.180. The number of likely N-dealkylation sites (tertiary alicyclic amines) is 1. The number of urea groups is 1. The molecule has 2 aliphatic heterocycles. The van der Waals surface area contributed by atoms with Gasteiger partial charge in [0.25, 0.3) is 0 Å². The van der Waals surface area contributed by atoms with Crippen LogP contribution in [0.4, 0.5) is 10.5 Å². The number of benzene rings is 2. The van der Waals surface area contributed by atoms with Crippen molar-refractivity contribution in [1.29, 1.82) is 0 Å². The Morgan fingerprint density at radius 1 is 0.974 bits per heavy atom. The van der Waals surface area contributed by atoms with Gasteiger partial charge in [-0.2, -0.15) is 0 Å². The summed E-state index contributed by atoms with van der Waals surface area (Å²) in [6, 6.07) is 12.6. The zero-order valence-electron chi connectivity index (χ0n) is 20.4. The van der Waals surface area contributed by atoms with Crippen LogP contribution in [0.5, 0.6) is 0 Å². The number of amides is 2. The van der Waals surface area contributed by atoms with Crippen molar-refractivity contribution in [2.24, 2.45) is 0 Å². The normalized spacial score (nSPS) is 16.8. The van der Waals surface area contributed by atoms with E-state index in [2.05, 4.69) is 27.4 Å². The number of nitrogens with one attached hydrogen (secondary N) is 1. The first kappa shape index (κ1) is 27.6. The maximum absolute atomic E-state index is 13.4. The number of halogens is 5. The summed E-state index contributed by atoms with van der Waals surface area (Å²) < 4.78 is 0. The molecule has 2 amide bonds. The maximum Gasteiger partial charge on any atom is 0.322 e. The van der Waals surface area contributed by atoms with Crippen molar-refractivity contribution >= 4 is 75.8 Å². The number of carbonyl (C=O) groups excluding carboxylic acids is 1. The molecule has 5 nitrogen and oxygen atoms in total. The molecule has 1 N–H and O–H groups in total. The van der Waals surface area contributed by atoms with Crippen molar-refractivity contribution in [2.45, 2.75) is 24.8 Å². The highest BCUT2D eigenvalue weighted by Gasteiger charge is 2.47. The van der Waals surface area contributed by atoms with E-state index in [-0.39, 0.29) is 11.4 Å². The van der Waals surface area contributed by atoms with Gasteiger partial charge in [-0.05, 0) is 79.0 Å². The van der Waals surface area contributed by atoms with Gasteiger partial charge in [-0.15, -0.1) is 0 Å². The van der Waals surface area contributed by atoms with Crippen LogP contribution >= 0.6 is 58.0 Å². The third-order valence-corrected chi connectivity index (χ3v) is 8.69. The molecule has 0 bridgehead atoms. The molecule has 3 heterocycles. The smallest absolute Gasteiger partial charge is 0.322 e. The predicted octanol–water partition coefficient (Wildman–Crippen LogP) is 8.13. The van der Waals surface area contributed by atoms with Gasteiger partial charge >= 0.3 is 6.03 Å². The molecule has 1 saturated heterocycles. The van der Waals surface area contributed by atoms with Gasteiger partial charge in [-0.3, -0.25) is 9.80 Å². The summed E-state index contributed by atoms with van der Waals surface area (Å²) >= 11 is 31.2. The second kappa shape index (κ2) is 11.6. The largest absolute Gasteiger partial charge is 0.334 e. The number of fused-ring (bicyclic) bond motifs is 2. The molecule has 38 heavy (non-hydrogen) atoms. The number of anilines is 1. The van der Waals surface area contributed by atoms with Crippen molar-refractivity contribution in [3.8, 4) is 0 Å². The van der Waals surface area contributed by atoms with Gasteiger partial charge in [0.1, 0.15) is 5.15 Å². The Hall–Kier alpha value is -1.99. The Morgan fingerprint density at radius 2 is 1.76 bits per heavy atom. The third-order valence-electron chi connectivity index (χ3n) is 7.24. The third kappa shape index (κ3) is 5.94. The van der Waals surface area contributed by atoms with E-state index in [0.717, 1.165) is 54.9 Å². The lowest BCUT2D eigenvalue weighted by Crippen LogP contribution is -2.47. The van der Waals surface area contributed by atoms with E-state index in [1.807, 2.05) is 24.3 Å². The molecule has 10 heteroatoms. The summed E-state index contributed by atoms with van der Waals surface area (Å²) in [4.78, 5) is 21.5. The van der Waals surface area contributed by atoms with Crippen LogP contribution in [0.1, 0.15) is 29.5 Å². The van der Waals surface area contributed by atoms with Gasteiger partial charge in [0.05, 0.1) is 20.8 Å². The zero-order chi connectivity index (χ0) is 26.9. The molecule has 198 valence electrons. The molecule has 1 fully saturated rings. The lowest BCUT2D eigenvalue weighted by atomic mass is 9.74. The molecule has 3 aromatic rings.